The van der Waals surface area contributed by atoms with Crippen molar-refractivity contribution in [1.29, 1.82) is 0 Å². The summed E-state index contributed by atoms with van der Waals surface area (Å²) in [5.41, 5.74) is 3.02. The maximum absolute atomic E-state index is 13.1. The van der Waals surface area contributed by atoms with Crippen molar-refractivity contribution in [2.75, 3.05) is 11.9 Å². The second-order valence-corrected chi connectivity index (χ2v) is 6.50. The van der Waals surface area contributed by atoms with E-state index in [0.29, 0.717) is 17.1 Å². The molecule has 0 bridgehead atoms. The van der Waals surface area contributed by atoms with Gasteiger partial charge >= 0.3 is 5.97 Å². The van der Waals surface area contributed by atoms with Crippen LogP contribution < -0.4 is 10.6 Å². The number of pyridine rings is 1. The largest absolute Gasteiger partial charge is 0.480 e. The van der Waals surface area contributed by atoms with Crippen LogP contribution in [0.25, 0.3) is 11.3 Å². The maximum Gasteiger partial charge on any atom is 0.317 e. The number of hydrogen-bond acceptors (Lipinski definition) is 5. The van der Waals surface area contributed by atoms with Crippen molar-refractivity contribution < 1.29 is 19.1 Å². The van der Waals surface area contributed by atoms with E-state index in [1.54, 1.807) is 30.5 Å². The standard InChI is InChI=1S/C20H20FN5O3.2ClH/c1-12-8-14(6-7-22-12)16-10-18(26-25-16)24-20(29)17(23-11-19(27)28)9-13-2-4-15(21)5-3-13;;/h2-8,10,17,23H,9,11H2,1H3,(H,27,28)(H2,24,25,26,29);2*1H. The van der Waals surface area contributed by atoms with Crippen LogP contribution in [0.4, 0.5) is 10.2 Å². The Labute approximate surface area is 190 Å². The van der Waals surface area contributed by atoms with Crippen LogP contribution in [0.5, 0.6) is 0 Å². The number of carboxylic acid groups (broad SMARTS) is 1. The van der Waals surface area contributed by atoms with Crippen LogP contribution in [0.1, 0.15) is 11.3 Å². The van der Waals surface area contributed by atoms with E-state index in [2.05, 4.69) is 25.8 Å². The Morgan fingerprint density at radius 3 is 2.52 bits per heavy atom. The van der Waals surface area contributed by atoms with E-state index >= 15 is 0 Å². The van der Waals surface area contributed by atoms with Gasteiger partial charge in [-0.3, -0.25) is 25.0 Å². The van der Waals surface area contributed by atoms with Gasteiger partial charge in [-0.25, -0.2) is 4.39 Å². The number of carbonyl (C=O) groups excluding carboxylic acids is 1. The Morgan fingerprint density at radius 2 is 1.87 bits per heavy atom. The van der Waals surface area contributed by atoms with E-state index < -0.39 is 17.9 Å². The van der Waals surface area contributed by atoms with Crippen molar-refractivity contribution in [3.63, 3.8) is 0 Å². The number of benzene rings is 1. The Hall–Kier alpha value is -3.01. The van der Waals surface area contributed by atoms with Gasteiger partial charge in [0.05, 0.1) is 18.3 Å². The van der Waals surface area contributed by atoms with Gasteiger partial charge in [-0.15, -0.1) is 24.8 Å². The molecule has 3 rings (SSSR count). The molecule has 31 heavy (non-hydrogen) atoms. The minimum Gasteiger partial charge on any atom is -0.480 e. The summed E-state index contributed by atoms with van der Waals surface area (Å²) in [6, 6.07) is 10.2. The van der Waals surface area contributed by atoms with Crippen molar-refractivity contribution in [2.45, 2.75) is 19.4 Å². The zero-order valence-corrected chi connectivity index (χ0v) is 18.1. The molecular weight excluding hydrogens is 448 g/mol. The van der Waals surface area contributed by atoms with Crippen LogP contribution in [0, 0.1) is 12.7 Å². The van der Waals surface area contributed by atoms with Crippen molar-refractivity contribution >= 4 is 42.5 Å². The summed E-state index contributed by atoms with van der Waals surface area (Å²) in [5.74, 6) is -1.53. The number of amides is 1. The lowest BCUT2D eigenvalue weighted by Crippen LogP contribution is -2.44. The number of aromatic amines is 1. The monoisotopic (exact) mass is 469 g/mol. The number of nitrogens with one attached hydrogen (secondary N) is 3. The molecule has 1 aromatic carbocycles. The molecule has 1 atom stereocenters. The highest BCUT2D eigenvalue weighted by atomic mass is 35.5. The number of rotatable bonds is 8. The molecule has 3 aromatic rings. The van der Waals surface area contributed by atoms with E-state index in [9.17, 15) is 14.0 Å². The minimum absolute atomic E-state index is 0. The lowest BCUT2D eigenvalue weighted by atomic mass is 10.1. The van der Waals surface area contributed by atoms with Gasteiger partial charge in [-0.1, -0.05) is 12.1 Å². The molecule has 1 unspecified atom stereocenters. The van der Waals surface area contributed by atoms with Crippen molar-refractivity contribution in [2.24, 2.45) is 0 Å². The van der Waals surface area contributed by atoms with Crippen molar-refractivity contribution in [3.8, 4) is 11.3 Å². The molecule has 0 aliphatic carbocycles. The van der Waals surface area contributed by atoms with Gasteiger partial charge in [-0.2, -0.15) is 5.10 Å². The smallest absolute Gasteiger partial charge is 0.317 e. The molecule has 2 aromatic heterocycles. The number of aromatic nitrogens is 3. The van der Waals surface area contributed by atoms with Crippen LogP contribution in [0.3, 0.4) is 0 Å². The first-order valence-electron chi connectivity index (χ1n) is 8.89. The highest BCUT2D eigenvalue weighted by molar-refractivity contribution is 5.95. The molecule has 0 aliphatic rings. The van der Waals surface area contributed by atoms with E-state index in [-0.39, 0.29) is 43.6 Å². The number of aryl methyl sites for hydroxylation is 1. The summed E-state index contributed by atoms with van der Waals surface area (Å²) in [7, 11) is 0. The van der Waals surface area contributed by atoms with Crippen LogP contribution in [0.15, 0.2) is 48.7 Å². The summed E-state index contributed by atoms with van der Waals surface area (Å²) in [4.78, 5) is 27.7. The molecule has 11 heteroatoms. The number of hydrogen-bond donors (Lipinski definition) is 4. The first-order chi connectivity index (χ1) is 13.9. The summed E-state index contributed by atoms with van der Waals surface area (Å²) in [5, 5.41) is 21.3. The van der Waals surface area contributed by atoms with Crippen LogP contribution in [-0.2, 0) is 16.0 Å². The molecule has 4 N–H and O–H groups in total. The summed E-state index contributed by atoms with van der Waals surface area (Å²) < 4.78 is 13.1. The predicted octanol–water partition coefficient (Wildman–Crippen LogP) is 2.99. The fourth-order valence-electron chi connectivity index (χ4n) is 2.78. The summed E-state index contributed by atoms with van der Waals surface area (Å²) in [6.45, 7) is 1.48. The number of nitrogens with zero attached hydrogens (tertiary/aromatic N) is 2. The number of anilines is 1. The van der Waals surface area contributed by atoms with Crippen molar-refractivity contribution in [1.82, 2.24) is 20.5 Å². The zero-order valence-electron chi connectivity index (χ0n) is 16.5. The highest BCUT2D eigenvalue weighted by Crippen LogP contribution is 2.20. The van der Waals surface area contributed by atoms with Crippen molar-refractivity contribution in [3.05, 3.63) is 65.7 Å². The number of carbonyl (C=O) groups is 2. The molecular formula is C20H22Cl2FN5O3. The average molecular weight is 470 g/mol. The van der Waals surface area contributed by atoms with E-state index in [4.69, 9.17) is 5.11 Å². The van der Waals surface area contributed by atoms with Gasteiger partial charge in [0.1, 0.15) is 11.6 Å². The third kappa shape index (κ3) is 7.63. The Morgan fingerprint density at radius 1 is 1.16 bits per heavy atom. The Kier molecular flexibility index (Phi) is 10.1. The fraction of sp³-hybridized carbons (Fsp3) is 0.200. The lowest BCUT2D eigenvalue weighted by Gasteiger charge is -2.17. The maximum atomic E-state index is 13.1. The second-order valence-electron chi connectivity index (χ2n) is 6.50. The Balaban J connectivity index is 0.00000240. The topological polar surface area (TPSA) is 120 Å². The number of aliphatic carboxylic acids is 1. The summed E-state index contributed by atoms with van der Waals surface area (Å²) in [6.07, 6.45) is 1.87. The second kappa shape index (κ2) is 12.0. The highest BCUT2D eigenvalue weighted by Gasteiger charge is 2.20. The van der Waals surface area contributed by atoms with Gasteiger partial charge < -0.3 is 10.4 Å². The molecule has 0 fully saturated rings. The van der Waals surface area contributed by atoms with Gasteiger partial charge in [0, 0.05) is 23.5 Å². The fourth-order valence-corrected chi connectivity index (χ4v) is 2.78. The van der Waals surface area contributed by atoms with Gasteiger partial charge in [0.15, 0.2) is 0 Å². The Bertz CT molecular complexity index is 1010. The predicted molar refractivity (Wildman–Crippen MR) is 119 cm³/mol. The summed E-state index contributed by atoms with van der Waals surface area (Å²) >= 11 is 0. The van der Waals surface area contributed by atoms with Gasteiger partial charge in [-0.05, 0) is 43.2 Å². The quantitative estimate of drug-likeness (QED) is 0.402. The van der Waals surface area contributed by atoms with Crippen LogP contribution >= 0.6 is 24.8 Å². The van der Waals surface area contributed by atoms with E-state index in [1.807, 2.05) is 13.0 Å². The molecule has 0 spiro atoms. The average Bonchev–Trinajstić information content (AvgIpc) is 3.15. The molecule has 8 nitrogen and oxygen atoms in total. The van der Waals surface area contributed by atoms with Crippen LogP contribution in [-0.4, -0.2) is 44.8 Å². The molecule has 2 heterocycles. The van der Waals surface area contributed by atoms with Gasteiger partial charge in [0.25, 0.3) is 0 Å². The third-order valence-corrected chi connectivity index (χ3v) is 4.20. The van der Waals surface area contributed by atoms with Crippen LogP contribution in [0.2, 0.25) is 0 Å². The normalized spacial score (nSPS) is 11.0. The zero-order chi connectivity index (χ0) is 20.8. The first kappa shape index (κ1) is 26.0. The van der Waals surface area contributed by atoms with E-state index in [1.165, 1.54) is 12.1 Å². The molecule has 1 amide bonds. The SMILES string of the molecule is Cc1cc(-c2cc(NC(=O)C(Cc3ccc(F)cc3)NCC(=O)O)[nH]n2)ccn1.Cl.Cl. The molecule has 0 saturated carbocycles. The minimum atomic E-state index is -1.08. The lowest BCUT2D eigenvalue weighted by molar-refractivity contribution is -0.136. The van der Waals surface area contributed by atoms with E-state index in [0.717, 1.165) is 11.3 Å². The third-order valence-electron chi connectivity index (χ3n) is 4.20. The molecule has 0 radical (unpaired) electrons. The number of halogens is 3. The van der Waals surface area contributed by atoms with Gasteiger partial charge in [0.2, 0.25) is 5.91 Å². The molecule has 0 saturated heterocycles. The number of carboxylic acids is 1. The molecule has 166 valence electrons. The first-order valence-corrected chi connectivity index (χ1v) is 8.89. The molecule has 0 aliphatic heterocycles. The number of H-pyrrole nitrogens is 1.